The largest absolute Gasteiger partial charge is 0.391 e. The summed E-state index contributed by atoms with van der Waals surface area (Å²) in [4.78, 5) is 0. The van der Waals surface area contributed by atoms with E-state index >= 15 is 0 Å². The number of rotatable bonds is 2. The maximum absolute atomic E-state index is 9.92. The molecule has 0 aromatic heterocycles. The molecule has 2 nitrogen and oxygen atoms in total. The van der Waals surface area contributed by atoms with Crippen LogP contribution in [0.1, 0.15) is 32.6 Å². The van der Waals surface area contributed by atoms with Gasteiger partial charge in [0.25, 0.3) is 0 Å². The first-order chi connectivity index (χ1) is 6.22. The zero-order valence-corrected chi connectivity index (χ0v) is 8.11. The fourth-order valence-electron chi connectivity index (χ4n) is 3.16. The molecule has 2 heteroatoms. The fourth-order valence-corrected chi connectivity index (χ4v) is 3.16. The predicted molar refractivity (Wildman–Crippen MR) is 49.7 cm³/mol. The highest BCUT2D eigenvalue weighted by molar-refractivity contribution is 4.97. The molecular formula is C11H17NO. The van der Waals surface area contributed by atoms with Gasteiger partial charge in [0.1, 0.15) is 0 Å². The van der Waals surface area contributed by atoms with E-state index in [1.165, 1.54) is 19.3 Å². The molecule has 0 saturated heterocycles. The molecule has 5 unspecified atom stereocenters. The summed E-state index contributed by atoms with van der Waals surface area (Å²) in [5.41, 5.74) is 0. The van der Waals surface area contributed by atoms with Crippen molar-refractivity contribution in [1.82, 2.24) is 0 Å². The second kappa shape index (κ2) is 3.31. The van der Waals surface area contributed by atoms with Gasteiger partial charge in [-0.1, -0.05) is 6.42 Å². The van der Waals surface area contributed by atoms with E-state index in [9.17, 15) is 5.11 Å². The van der Waals surface area contributed by atoms with Crippen molar-refractivity contribution in [2.45, 2.75) is 38.7 Å². The summed E-state index contributed by atoms with van der Waals surface area (Å²) in [5.74, 6) is 1.81. The minimum Gasteiger partial charge on any atom is -0.391 e. The summed E-state index contributed by atoms with van der Waals surface area (Å²) >= 11 is 0. The minimum atomic E-state index is -0.375. The van der Waals surface area contributed by atoms with Gasteiger partial charge in [0, 0.05) is 0 Å². The summed E-state index contributed by atoms with van der Waals surface area (Å²) in [5, 5.41) is 18.6. The Morgan fingerprint density at radius 1 is 1.38 bits per heavy atom. The van der Waals surface area contributed by atoms with Crippen LogP contribution in [0.5, 0.6) is 0 Å². The van der Waals surface area contributed by atoms with Gasteiger partial charge in [-0.15, -0.1) is 0 Å². The van der Waals surface area contributed by atoms with Crippen molar-refractivity contribution in [2.24, 2.45) is 23.7 Å². The molecule has 0 aromatic rings. The standard InChI is InChI=1S/C11H17NO/c1-7(6-12)11(13)10-5-8-2-3-9(10)4-8/h7-11,13H,2-5H2,1H3. The zero-order chi connectivity index (χ0) is 9.42. The van der Waals surface area contributed by atoms with Crippen molar-refractivity contribution in [3.05, 3.63) is 0 Å². The number of fused-ring (bicyclic) bond motifs is 2. The maximum Gasteiger partial charge on any atom is 0.0726 e. The monoisotopic (exact) mass is 179 g/mol. The lowest BCUT2D eigenvalue weighted by Crippen LogP contribution is -2.30. The van der Waals surface area contributed by atoms with E-state index in [0.29, 0.717) is 5.92 Å². The van der Waals surface area contributed by atoms with Crippen LogP contribution in [0, 0.1) is 35.0 Å². The predicted octanol–water partition coefficient (Wildman–Crippen LogP) is 1.94. The van der Waals surface area contributed by atoms with Gasteiger partial charge in [-0.25, -0.2) is 0 Å². The number of nitrogens with zero attached hydrogens (tertiary/aromatic N) is 1. The topological polar surface area (TPSA) is 44.0 Å². The Morgan fingerprint density at radius 3 is 2.62 bits per heavy atom. The molecule has 0 amide bonds. The van der Waals surface area contributed by atoms with Gasteiger partial charge in [-0.05, 0) is 43.9 Å². The third-order valence-electron chi connectivity index (χ3n) is 3.95. The van der Waals surface area contributed by atoms with Crippen LogP contribution in [-0.2, 0) is 0 Å². The average Bonchev–Trinajstić information content (AvgIpc) is 2.76. The fraction of sp³-hybridized carbons (Fsp3) is 0.909. The first kappa shape index (κ1) is 9.02. The van der Waals surface area contributed by atoms with Crippen LogP contribution >= 0.6 is 0 Å². The number of hydrogen-bond donors (Lipinski definition) is 1. The van der Waals surface area contributed by atoms with E-state index in [-0.39, 0.29) is 12.0 Å². The molecule has 0 spiro atoms. The molecule has 2 saturated carbocycles. The molecule has 0 aromatic carbocycles. The molecule has 5 atom stereocenters. The van der Waals surface area contributed by atoms with E-state index in [0.717, 1.165) is 18.3 Å². The van der Waals surface area contributed by atoms with Gasteiger partial charge >= 0.3 is 0 Å². The number of aliphatic hydroxyl groups excluding tert-OH is 1. The van der Waals surface area contributed by atoms with E-state index in [4.69, 9.17) is 5.26 Å². The van der Waals surface area contributed by atoms with Crippen LogP contribution < -0.4 is 0 Å². The van der Waals surface area contributed by atoms with Gasteiger partial charge in [-0.2, -0.15) is 5.26 Å². The molecule has 13 heavy (non-hydrogen) atoms. The molecule has 0 heterocycles. The Morgan fingerprint density at radius 2 is 2.15 bits per heavy atom. The van der Waals surface area contributed by atoms with Crippen LogP contribution in [-0.4, -0.2) is 11.2 Å². The van der Waals surface area contributed by atoms with Crippen molar-refractivity contribution in [1.29, 1.82) is 5.26 Å². The Bertz CT molecular complexity index is 233. The van der Waals surface area contributed by atoms with Crippen molar-refractivity contribution in [3.8, 4) is 6.07 Å². The van der Waals surface area contributed by atoms with Crippen LogP contribution in [0.3, 0.4) is 0 Å². The summed E-state index contributed by atoms with van der Waals surface area (Å²) in [6.07, 6.45) is 4.73. The normalized spacial score (nSPS) is 41.5. The molecular weight excluding hydrogens is 162 g/mol. The lowest BCUT2D eigenvalue weighted by Gasteiger charge is -2.27. The summed E-state index contributed by atoms with van der Waals surface area (Å²) in [6, 6.07) is 2.15. The molecule has 2 aliphatic carbocycles. The highest BCUT2D eigenvalue weighted by Gasteiger charge is 2.43. The molecule has 2 aliphatic rings. The van der Waals surface area contributed by atoms with Crippen LogP contribution in [0.25, 0.3) is 0 Å². The minimum absolute atomic E-state index is 0.190. The highest BCUT2D eigenvalue weighted by atomic mass is 16.3. The molecule has 72 valence electrons. The van der Waals surface area contributed by atoms with E-state index < -0.39 is 0 Å². The quantitative estimate of drug-likeness (QED) is 0.704. The van der Waals surface area contributed by atoms with Crippen molar-refractivity contribution >= 4 is 0 Å². The smallest absolute Gasteiger partial charge is 0.0726 e. The van der Waals surface area contributed by atoms with Gasteiger partial charge in [0.15, 0.2) is 0 Å². The van der Waals surface area contributed by atoms with E-state index in [2.05, 4.69) is 6.07 Å². The molecule has 2 rings (SSSR count). The Labute approximate surface area is 79.6 Å². The van der Waals surface area contributed by atoms with Gasteiger partial charge in [0.05, 0.1) is 18.1 Å². The van der Waals surface area contributed by atoms with Crippen LogP contribution in [0.15, 0.2) is 0 Å². The van der Waals surface area contributed by atoms with Gasteiger partial charge in [-0.3, -0.25) is 0 Å². The first-order valence-electron chi connectivity index (χ1n) is 5.30. The lowest BCUT2D eigenvalue weighted by molar-refractivity contribution is 0.0488. The SMILES string of the molecule is CC(C#N)C(O)C1CC2CCC1C2. The Kier molecular flexibility index (Phi) is 2.29. The summed E-state index contributed by atoms with van der Waals surface area (Å²) in [6.45, 7) is 1.83. The molecule has 2 bridgehead atoms. The zero-order valence-electron chi connectivity index (χ0n) is 8.11. The van der Waals surface area contributed by atoms with Crippen molar-refractivity contribution in [3.63, 3.8) is 0 Å². The van der Waals surface area contributed by atoms with Crippen LogP contribution in [0.4, 0.5) is 0 Å². The first-order valence-corrected chi connectivity index (χ1v) is 5.30. The molecule has 2 fully saturated rings. The lowest BCUT2D eigenvalue weighted by atomic mass is 9.81. The number of aliphatic hydroxyl groups is 1. The van der Waals surface area contributed by atoms with E-state index in [1.807, 2.05) is 6.92 Å². The molecule has 0 radical (unpaired) electrons. The third kappa shape index (κ3) is 1.46. The highest BCUT2D eigenvalue weighted by Crippen LogP contribution is 2.50. The van der Waals surface area contributed by atoms with Crippen molar-refractivity contribution < 1.29 is 5.11 Å². The summed E-state index contributed by atoms with van der Waals surface area (Å²) in [7, 11) is 0. The van der Waals surface area contributed by atoms with Gasteiger partial charge < -0.3 is 5.11 Å². The Balaban J connectivity index is 1.99. The average molecular weight is 179 g/mol. The van der Waals surface area contributed by atoms with Gasteiger partial charge in [0.2, 0.25) is 0 Å². The maximum atomic E-state index is 9.92. The van der Waals surface area contributed by atoms with Crippen molar-refractivity contribution in [2.75, 3.05) is 0 Å². The van der Waals surface area contributed by atoms with E-state index in [1.54, 1.807) is 0 Å². The second-order valence-corrected chi connectivity index (χ2v) is 4.75. The molecule has 1 N–H and O–H groups in total. The summed E-state index contributed by atoms with van der Waals surface area (Å²) < 4.78 is 0. The second-order valence-electron chi connectivity index (χ2n) is 4.75. The van der Waals surface area contributed by atoms with Crippen LogP contribution in [0.2, 0.25) is 0 Å². The number of hydrogen-bond acceptors (Lipinski definition) is 2. The third-order valence-corrected chi connectivity index (χ3v) is 3.95. The number of nitriles is 1. The Hall–Kier alpha value is -0.550. The molecule has 0 aliphatic heterocycles.